The van der Waals surface area contributed by atoms with Crippen molar-refractivity contribution >= 4 is 5.97 Å². The molecule has 0 fully saturated rings. The van der Waals surface area contributed by atoms with Gasteiger partial charge in [-0.25, -0.2) is 0 Å². The fourth-order valence-electron chi connectivity index (χ4n) is 1.88. The summed E-state index contributed by atoms with van der Waals surface area (Å²) < 4.78 is 5.33. The highest BCUT2D eigenvalue weighted by atomic mass is 16.5. The summed E-state index contributed by atoms with van der Waals surface area (Å²) in [7, 11) is 0. The van der Waals surface area contributed by atoms with E-state index < -0.39 is 0 Å². The third-order valence-electron chi connectivity index (χ3n) is 2.89. The van der Waals surface area contributed by atoms with Crippen molar-refractivity contribution in [2.24, 2.45) is 5.73 Å². The molecule has 0 spiro atoms. The molecule has 17 heavy (non-hydrogen) atoms. The molecule has 0 rings (SSSR count). The number of nitrogens with two attached hydrogens (primary N) is 1. The molecule has 0 heterocycles. The van der Waals surface area contributed by atoms with Crippen LogP contribution in [0.25, 0.3) is 0 Å². The van der Waals surface area contributed by atoms with E-state index in [2.05, 4.69) is 13.8 Å². The van der Waals surface area contributed by atoms with Crippen LogP contribution in [0, 0.1) is 0 Å². The lowest BCUT2D eigenvalue weighted by atomic mass is 10.1. The van der Waals surface area contributed by atoms with Gasteiger partial charge in [0, 0.05) is 6.04 Å². The predicted molar refractivity (Wildman–Crippen MR) is 71.8 cm³/mol. The lowest BCUT2D eigenvalue weighted by Gasteiger charge is -2.15. The number of rotatable bonds is 10. The summed E-state index contributed by atoms with van der Waals surface area (Å²) in [6, 6.07) is -0.0419. The van der Waals surface area contributed by atoms with Gasteiger partial charge in [-0.15, -0.1) is 0 Å². The van der Waals surface area contributed by atoms with Crippen LogP contribution in [0.4, 0.5) is 0 Å². The molecule has 3 heteroatoms. The Morgan fingerprint density at radius 3 is 2.41 bits per heavy atom. The largest absolute Gasteiger partial charge is 0.463 e. The molecule has 0 saturated heterocycles. The molecule has 2 atom stereocenters. The predicted octanol–water partition coefficient (Wildman–Crippen LogP) is 3.41. The Morgan fingerprint density at radius 1 is 1.12 bits per heavy atom. The van der Waals surface area contributed by atoms with E-state index >= 15 is 0 Å². The van der Waals surface area contributed by atoms with E-state index in [1.807, 2.05) is 6.92 Å². The van der Waals surface area contributed by atoms with Crippen LogP contribution in [0.3, 0.4) is 0 Å². The molecule has 0 aliphatic heterocycles. The molecule has 0 saturated carbocycles. The second kappa shape index (κ2) is 10.6. The van der Waals surface area contributed by atoms with Crippen molar-refractivity contribution in [3.05, 3.63) is 0 Å². The molecule has 0 radical (unpaired) electrons. The molecule has 3 nitrogen and oxygen atoms in total. The van der Waals surface area contributed by atoms with Crippen LogP contribution in [-0.4, -0.2) is 18.1 Å². The minimum absolute atomic E-state index is 0.0354. The molecular weight excluding hydrogens is 214 g/mol. The first kappa shape index (κ1) is 16.4. The molecule has 0 aliphatic rings. The Morgan fingerprint density at radius 2 is 1.82 bits per heavy atom. The lowest BCUT2D eigenvalue weighted by Crippen LogP contribution is -2.26. The summed E-state index contributed by atoms with van der Waals surface area (Å²) in [5.74, 6) is -0.144. The maximum atomic E-state index is 11.5. The van der Waals surface area contributed by atoms with Gasteiger partial charge in [0.25, 0.3) is 0 Å². The van der Waals surface area contributed by atoms with Gasteiger partial charge >= 0.3 is 5.97 Å². The van der Waals surface area contributed by atoms with Gasteiger partial charge in [-0.1, -0.05) is 39.5 Å². The van der Waals surface area contributed by atoms with E-state index in [9.17, 15) is 4.79 Å². The van der Waals surface area contributed by atoms with Crippen molar-refractivity contribution in [1.29, 1.82) is 0 Å². The fraction of sp³-hybridized carbons (Fsp3) is 0.929. The first-order chi connectivity index (χ1) is 8.10. The Bertz CT molecular complexity index is 195. The van der Waals surface area contributed by atoms with Gasteiger partial charge in [0.2, 0.25) is 0 Å². The zero-order chi connectivity index (χ0) is 13.1. The maximum Gasteiger partial charge on any atom is 0.307 e. The van der Waals surface area contributed by atoms with E-state index in [0.29, 0.717) is 6.42 Å². The van der Waals surface area contributed by atoms with E-state index in [1.54, 1.807) is 0 Å². The number of carbonyl (C=O) groups excluding carboxylic acids is 1. The van der Waals surface area contributed by atoms with Crippen molar-refractivity contribution in [3.8, 4) is 0 Å². The standard InChI is InChI=1S/C14H29NO2/c1-4-6-7-8-10-12(3)17-14(16)11-13(15)9-5-2/h12-13H,4-11,15H2,1-3H3. The zero-order valence-corrected chi connectivity index (χ0v) is 11.7. The molecule has 2 unspecified atom stereocenters. The Balaban J connectivity index is 3.58. The quantitative estimate of drug-likeness (QED) is 0.472. The molecule has 0 aromatic carbocycles. The van der Waals surface area contributed by atoms with Crippen LogP contribution < -0.4 is 5.73 Å². The van der Waals surface area contributed by atoms with Crippen LogP contribution in [0.2, 0.25) is 0 Å². The van der Waals surface area contributed by atoms with E-state index in [0.717, 1.165) is 25.7 Å². The van der Waals surface area contributed by atoms with E-state index in [4.69, 9.17) is 10.5 Å². The number of esters is 1. The highest BCUT2D eigenvalue weighted by Gasteiger charge is 2.13. The molecule has 0 aromatic heterocycles. The number of hydrogen-bond donors (Lipinski definition) is 1. The molecular formula is C14H29NO2. The summed E-state index contributed by atoms with van der Waals surface area (Å²) in [4.78, 5) is 11.5. The SMILES string of the molecule is CCCCCCC(C)OC(=O)CC(N)CCC. The van der Waals surface area contributed by atoms with Crippen LogP contribution >= 0.6 is 0 Å². The van der Waals surface area contributed by atoms with Gasteiger partial charge in [0.1, 0.15) is 0 Å². The maximum absolute atomic E-state index is 11.5. The van der Waals surface area contributed by atoms with Crippen molar-refractivity contribution in [1.82, 2.24) is 0 Å². The van der Waals surface area contributed by atoms with Crippen LogP contribution in [0.5, 0.6) is 0 Å². The fourth-order valence-corrected chi connectivity index (χ4v) is 1.88. The molecule has 0 aliphatic carbocycles. The van der Waals surface area contributed by atoms with Gasteiger partial charge in [0.15, 0.2) is 0 Å². The van der Waals surface area contributed by atoms with Gasteiger partial charge in [0.05, 0.1) is 12.5 Å². The summed E-state index contributed by atoms with van der Waals surface area (Å²) in [5, 5.41) is 0. The Kier molecular flexibility index (Phi) is 10.2. The second-order valence-electron chi connectivity index (χ2n) is 4.90. The zero-order valence-electron chi connectivity index (χ0n) is 11.7. The van der Waals surface area contributed by atoms with Gasteiger partial charge in [-0.05, 0) is 26.2 Å². The van der Waals surface area contributed by atoms with Crippen LogP contribution in [-0.2, 0) is 9.53 Å². The van der Waals surface area contributed by atoms with Crippen molar-refractivity contribution < 1.29 is 9.53 Å². The van der Waals surface area contributed by atoms with Crippen molar-refractivity contribution in [3.63, 3.8) is 0 Å². The smallest absolute Gasteiger partial charge is 0.307 e. The number of unbranched alkanes of at least 4 members (excludes halogenated alkanes) is 3. The summed E-state index contributed by atoms with van der Waals surface area (Å²) >= 11 is 0. The second-order valence-corrected chi connectivity index (χ2v) is 4.90. The summed E-state index contributed by atoms with van der Waals surface area (Å²) in [5.41, 5.74) is 5.80. The van der Waals surface area contributed by atoms with Gasteiger partial charge in [-0.3, -0.25) is 4.79 Å². The number of ether oxygens (including phenoxy) is 1. The van der Waals surface area contributed by atoms with Gasteiger partial charge in [-0.2, -0.15) is 0 Å². The van der Waals surface area contributed by atoms with Crippen LogP contribution in [0.1, 0.15) is 72.1 Å². The average molecular weight is 243 g/mol. The average Bonchev–Trinajstić information content (AvgIpc) is 2.24. The third-order valence-corrected chi connectivity index (χ3v) is 2.89. The van der Waals surface area contributed by atoms with Crippen LogP contribution in [0.15, 0.2) is 0 Å². The van der Waals surface area contributed by atoms with E-state index in [-0.39, 0.29) is 18.1 Å². The van der Waals surface area contributed by atoms with Gasteiger partial charge < -0.3 is 10.5 Å². The highest BCUT2D eigenvalue weighted by molar-refractivity contribution is 5.70. The van der Waals surface area contributed by atoms with Crippen molar-refractivity contribution in [2.45, 2.75) is 84.3 Å². The number of carbonyl (C=O) groups is 1. The lowest BCUT2D eigenvalue weighted by molar-refractivity contribution is -0.149. The first-order valence-electron chi connectivity index (χ1n) is 7.05. The molecule has 0 aromatic rings. The normalized spacial score (nSPS) is 14.4. The third kappa shape index (κ3) is 10.3. The monoisotopic (exact) mass is 243 g/mol. The minimum atomic E-state index is -0.144. The molecule has 0 bridgehead atoms. The summed E-state index contributed by atoms with van der Waals surface area (Å²) in [6.07, 6.45) is 8.13. The molecule has 102 valence electrons. The molecule has 2 N–H and O–H groups in total. The Hall–Kier alpha value is -0.570. The minimum Gasteiger partial charge on any atom is -0.463 e. The summed E-state index contributed by atoms with van der Waals surface area (Å²) in [6.45, 7) is 6.23. The first-order valence-corrected chi connectivity index (χ1v) is 7.05. The highest BCUT2D eigenvalue weighted by Crippen LogP contribution is 2.09. The van der Waals surface area contributed by atoms with Crippen molar-refractivity contribution in [2.75, 3.05) is 0 Å². The molecule has 0 amide bonds. The van der Waals surface area contributed by atoms with E-state index in [1.165, 1.54) is 19.3 Å². The Labute approximate surface area is 106 Å². The topological polar surface area (TPSA) is 52.3 Å². The number of hydrogen-bond acceptors (Lipinski definition) is 3.